The summed E-state index contributed by atoms with van der Waals surface area (Å²) in [5.41, 5.74) is 0.303. The zero-order valence-corrected chi connectivity index (χ0v) is 7.96. The second-order valence-corrected chi connectivity index (χ2v) is 3.05. The van der Waals surface area contributed by atoms with E-state index >= 15 is 0 Å². The maximum absolute atomic E-state index is 12.8. The second-order valence-electron chi connectivity index (χ2n) is 3.05. The average molecular weight is 201 g/mol. The Morgan fingerprint density at radius 1 is 1.79 bits per heavy atom. The van der Waals surface area contributed by atoms with Gasteiger partial charge in [0.2, 0.25) is 0 Å². The SMILES string of the molecule is CCOC(=O)C1CN(F)CCC1=C=O. The number of rotatable bonds is 2. The third-order valence-corrected chi connectivity index (χ3v) is 2.13. The molecule has 1 aliphatic rings. The van der Waals surface area contributed by atoms with E-state index in [9.17, 15) is 14.1 Å². The van der Waals surface area contributed by atoms with Crippen LogP contribution in [-0.4, -0.2) is 36.7 Å². The summed E-state index contributed by atoms with van der Waals surface area (Å²) in [6.07, 6.45) is 0.240. The molecular weight excluding hydrogens is 189 g/mol. The number of esters is 1. The van der Waals surface area contributed by atoms with Crippen LogP contribution in [0.15, 0.2) is 5.57 Å². The van der Waals surface area contributed by atoms with Crippen LogP contribution in [0.3, 0.4) is 0 Å². The van der Waals surface area contributed by atoms with Crippen LogP contribution < -0.4 is 0 Å². The molecule has 0 radical (unpaired) electrons. The van der Waals surface area contributed by atoms with Crippen LogP contribution >= 0.6 is 0 Å². The molecule has 1 atom stereocenters. The van der Waals surface area contributed by atoms with Gasteiger partial charge >= 0.3 is 5.97 Å². The number of hydrogen-bond acceptors (Lipinski definition) is 4. The fourth-order valence-electron chi connectivity index (χ4n) is 1.40. The minimum Gasteiger partial charge on any atom is -0.465 e. The molecule has 1 unspecified atom stereocenters. The highest BCUT2D eigenvalue weighted by molar-refractivity contribution is 5.79. The van der Waals surface area contributed by atoms with Crippen molar-refractivity contribution in [3.8, 4) is 0 Å². The van der Waals surface area contributed by atoms with Crippen molar-refractivity contribution in [2.24, 2.45) is 5.92 Å². The average Bonchev–Trinajstić information content (AvgIpc) is 2.18. The highest BCUT2D eigenvalue weighted by Crippen LogP contribution is 2.21. The van der Waals surface area contributed by atoms with E-state index in [0.717, 1.165) is 0 Å². The first-order valence-corrected chi connectivity index (χ1v) is 4.50. The van der Waals surface area contributed by atoms with E-state index < -0.39 is 11.9 Å². The molecule has 1 rings (SSSR count). The van der Waals surface area contributed by atoms with Crippen molar-refractivity contribution < 1.29 is 18.8 Å². The highest BCUT2D eigenvalue weighted by atomic mass is 19.2. The molecule has 0 N–H and O–H groups in total. The fourth-order valence-corrected chi connectivity index (χ4v) is 1.40. The summed E-state index contributed by atoms with van der Waals surface area (Å²) < 4.78 is 17.6. The van der Waals surface area contributed by atoms with E-state index in [-0.39, 0.29) is 26.1 Å². The molecule has 0 aromatic heterocycles. The molecule has 1 saturated heterocycles. The van der Waals surface area contributed by atoms with E-state index in [0.29, 0.717) is 10.7 Å². The molecule has 0 aliphatic carbocycles. The van der Waals surface area contributed by atoms with Crippen LogP contribution in [-0.2, 0) is 14.3 Å². The monoisotopic (exact) mass is 201 g/mol. The van der Waals surface area contributed by atoms with E-state index in [1.807, 2.05) is 0 Å². The predicted molar refractivity (Wildman–Crippen MR) is 46.6 cm³/mol. The Morgan fingerprint density at radius 3 is 3.07 bits per heavy atom. The Kier molecular flexibility index (Phi) is 3.80. The minimum absolute atomic E-state index is 0.108. The summed E-state index contributed by atoms with van der Waals surface area (Å²) in [5.74, 6) is 0.352. The van der Waals surface area contributed by atoms with E-state index in [2.05, 4.69) is 0 Å². The topological polar surface area (TPSA) is 46.6 Å². The van der Waals surface area contributed by atoms with Gasteiger partial charge in [0.15, 0.2) is 0 Å². The summed E-state index contributed by atoms with van der Waals surface area (Å²) in [7, 11) is 0. The van der Waals surface area contributed by atoms with Gasteiger partial charge in [0.05, 0.1) is 6.61 Å². The molecule has 1 heterocycles. The van der Waals surface area contributed by atoms with Crippen molar-refractivity contribution >= 4 is 11.9 Å². The lowest BCUT2D eigenvalue weighted by Crippen LogP contribution is -2.36. The molecule has 78 valence electrons. The van der Waals surface area contributed by atoms with Gasteiger partial charge in [-0.15, -0.1) is 9.60 Å². The van der Waals surface area contributed by atoms with Crippen LogP contribution in [0.5, 0.6) is 0 Å². The maximum Gasteiger partial charge on any atom is 0.315 e. The molecule has 1 fully saturated rings. The summed E-state index contributed by atoms with van der Waals surface area (Å²) in [6, 6.07) is 0. The van der Waals surface area contributed by atoms with Crippen molar-refractivity contribution in [1.82, 2.24) is 5.12 Å². The van der Waals surface area contributed by atoms with Gasteiger partial charge in [-0.05, 0) is 13.3 Å². The lowest BCUT2D eigenvalue weighted by molar-refractivity contribution is -0.150. The van der Waals surface area contributed by atoms with Crippen LogP contribution in [0.25, 0.3) is 0 Å². The largest absolute Gasteiger partial charge is 0.465 e. The molecule has 5 heteroatoms. The van der Waals surface area contributed by atoms with Crippen molar-refractivity contribution in [3.05, 3.63) is 5.57 Å². The molecule has 1 aliphatic heterocycles. The quantitative estimate of drug-likeness (QED) is 0.371. The molecule has 0 bridgehead atoms. The van der Waals surface area contributed by atoms with Crippen LogP contribution in [0, 0.1) is 5.92 Å². The van der Waals surface area contributed by atoms with Crippen LogP contribution in [0.2, 0.25) is 0 Å². The predicted octanol–water partition coefficient (Wildman–Crippen LogP) is 0.514. The van der Waals surface area contributed by atoms with E-state index in [4.69, 9.17) is 4.74 Å². The maximum atomic E-state index is 12.8. The van der Waals surface area contributed by atoms with Gasteiger partial charge in [0, 0.05) is 18.7 Å². The number of carbonyl (C=O) groups excluding carboxylic acids is 2. The number of nitrogens with zero attached hydrogens (tertiary/aromatic N) is 1. The second kappa shape index (κ2) is 4.88. The summed E-state index contributed by atoms with van der Waals surface area (Å²) in [6.45, 7) is 1.93. The molecule has 0 spiro atoms. The Labute approximate surface area is 81.3 Å². The van der Waals surface area contributed by atoms with Crippen molar-refractivity contribution in [1.29, 1.82) is 0 Å². The zero-order chi connectivity index (χ0) is 10.6. The van der Waals surface area contributed by atoms with Crippen LogP contribution in [0.4, 0.5) is 4.48 Å². The number of halogens is 1. The van der Waals surface area contributed by atoms with Crippen molar-refractivity contribution in [2.75, 3.05) is 19.7 Å². The normalized spacial score (nSPS) is 23.0. The highest BCUT2D eigenvalue weighted by Gasteiger charge is 2.32. The molecule has 0 aromatic carbocycles. The van der Waals surface area contributed by atoms with Gasteiger partial charge in [0.1, 0.15) is 11.9 Å². The van der Waals surface area contributed by atoms with Gasteiger partial charge < -0.3 is 4.74 Å². The Bertz CT molecular complexity index is 273. The first-order chi connectivity index (χ1) is 6.69. The van der Waals surface area contributed by atoms with Crippen molar-refractivity contribution in [2.45, 2.75) is 13.3 Å². The van der Waals surface area contributed by atoms with Gasteiger partial charge in [-0.25, -0.2) is 4.79 Å². The van der Waals surface area contributed by atoms with E-state index in [1.165, 1.54) is 0 Å². The number of carbonyl (C=O) groups is 1. The Balaban J connectivity index is 2.71. The molecule has 0 aromatic rings. The number of ether oxygens (including phenoxy) is 1. The molecule has 14 heavy (non-hydrogen) atoms. The van der Waals surface area contributed by atoms with Gasteiger partial charge in [-0.1, -0.05) is 0 Å². The lowest BCUT2D eigenvalue weighted by atomic mass is 9.94. The third kappa shape index (κ3) is 2.40. The lowest BCUT2D eigenvalue weighted by Gasteiger charge is -2.25. The molecule has 4 nitrogen and oxygen atoms in total. The first-order valence-electron chi connectivity index (χ1n) is 4.50. The van der Waals surface area contributed by atoms with Gasteiger partial charge in [-0.2, -0.15) is 0 Å². The summed E-state index contributed by atoms with van der Waals surface area (Å²) in [4.78, 5) is 21.8. The molecule has 0 amide bonds. The van der Waals surface area contributed by atoms with E-state index in [1.54, 1.807) is 12.9 Å². The van der Waals surface area contributed by atoms with Gasteiger partial charge in [-0.3, -0.25) is 4.79 Å². The molecule has 0 saturated carbocycles. The first kappa shape index (κ1) is 10.9. The number of hydrogen-bond donors (Lipinski definition) is 0. The van der Waals surface area contributed by atoms with Gasteiger partial charge in [0.25, 0.3) is 0 Å². The number of piperidine rings is 1. The fraction of sp³-hybridized carbons (Fsp3) is 0.667. The zero-order valence-electron chi connectivity index (χ0n) is 7.96. The van der Waals surface area contributed by atoms with Crippen LogP contribution in [0.1, 0.15) is 13.3 Å². The Morgan fingerprint density at radius 2 is 2.50 bits per heavy atom. The Hall–Kier alpha value is -1.19. The standard InChI is InChI=1S/C9H12FNO3/c1-2-14-9(13)8-5-11(10)4-3-7(8)6-12/h8H,2-5H2,1H3. The third-order valence-electron chi connectivity index (χ3n) is 2.13. The summed E-state index contributed by atoms with van der Waals surface area (Å²) in [5, 5.41) is 0.516. The van der Waals surface area contributed by atoms with Crippen molar-refractivity contribution in [3.63, 3.8) is 0 Å². The smallest absolute Gasteiger partial charge is 0.315 e. The molecular formula is C9H12FNO3. The minimum atomic E-state index is -0.786. The summed E-state index contributed by atoms with van der Waals surface area (Å²) >= 11 is 0.